The second kappa shape index (κ2) is 6.01. The molecule has 0 aliphatic heterocycles. The molecule has 6 nitrogen and oxygen atoms in total. The predicted octanol–water partition coefficient (Wildman–Crippen LogP) is 1.09. The van der Waals surface area contributed by atoms with Gasteiger partial charge in [-0.1, -0.05) is 12.1 Å². The number of aryl methyl sites for hydroxylation is 1. The van der Waals surface area contributed by atoms with Crippen molar-refractivity contribution in [2.24, 2.45) is 5.84 Å². The van der Waals surface area contributed by atoms with E-state index in [-0.39, 0.29) is 5.91 Å². The number of nitrogens with zero attached hydrogens (tertiary/aromatic N) is 2. The maximum atomic E-state index is 11.4. The Balaban J connectivity index is 2.01. The van der Waals surface area contributed by atoms with Crippen molar-refractivity contribution in [3.63, 3.8) is 0 Å². The summed E-state index contributed by atoms with van der Waals surface area (Å²) in [4.78, 5) is 11.4. The fraction of sp³-hybridized carbons (Fsp3) is 0.231. The van der Waals surface area contributed by atoms with E-state index >= 15 is 0 Å². The molecule has 0 atom stereocenters. The van der Waals surface area contributed by atoms with Crippen molar-refractivity contribution in [2.75, 3.05) is 0 Å². The van der Waals surface area contributed by atoms with Crippen molar-refractivity contribution in [3.05, 3.63) is 47.8 Å². The molecule has 2 rings (SSSR count). The highest BCUT2D eigenvalue weighted by Gasteiger charge is 2.05. The lowest BCUT2D eigenvalue weighted by molar-refractivity contribution is 0.0953. The SMILES string of the molecule is CCn1cc(OCc2cccc(C(=O)NN)c2)cn1. The molecule has 2 aromatic rings. The van der Waals surface area contributed by atoms with Gasteiger partial charge in [-0.25, -0.2) is 5.84 Å². The molecule has 0 aliphatic carbocycles. The number of benzene rings is 1. The van der Waals surface area contributed by atoms with Crippen molar-refractivity contribution in [1.29, 1.82) is 0 Å². The molecule has 0 saturated heterocycles. The molecule has 0 fully saturated rings. The Labute approximate surface area is 111 Å². The number of carbonyl (C=O) groups is 1. The third-order valence-corrected chi connectivity index (χ3v) is 2.66. The highest BCUT2D eigenvalue weighted by Crippen LogP contribution is 2.12. The third kappa shape index (κ3) is 3.32. The topological polar surface area (TPSA) is 82.2 Å². The van der Waals surface area contributed by atoms with Gasteiger partial charge in [-0.3, -0.25) is 14.9 Å². The van der Waals surface area contributed by atoms with Crippen molar-refractivity contribution in [3.8, 4) is 5.75 Å². The minimum absolute atomic E-state index is 0.319. The van der Waals surface area contributed by atoms with Crippen molar-refractivity contribution in [1.82, 2.24) is 15.2 Å². The first-order valence-corrected chi connectivity index (χ1v) is 5.98. The highest BCUT2D eigenvalue weighted by atomic mass is 16.5. The van der Waals surface area contributed by atoms with Crippen LogP contribution in [0.4, 0.5) is 0 Å². The number of hydrogen-bond donors (Lipinski definition) is 2. The van der Waals surface area contributed by atoms with Gasteiger partial charge < -0.3 is 4.74 Å². The number of rotatable bonds is 5. The second-order valence-electron chi connectivity index (χ2n) is 3.99. The summed E-state index contributed by atoms with van der Waals surface area (Å²) in [6.07, 6.45) is 3.50. The molecule has 1 heterocycles. The van der Waals surface area contributed by atoms with Crippen molar-refractivity contribution >= 4 is 5.91 Å². The second-order valence-corrected chi connectivity index (χ2v) is 3.99. The number of nitrogens with two attached hydrogens (primary N) is 1. The van der Waals surface area contributed by atoms with Crippen LogP contribution in [-0.2, 0) is 13.2 Å². The quantitative estimate of drug-likeness (QED) is 0.479. The van der Waals surface area contributed by atoms with Gasteiger partial charge in [0.2, 0.25) is 0 Å². The van der Waals surface area contributed by atoms with Crippen LogP contribution in [0.3, 0.4) is 0 Å². The van der Waals surface area contributed by atoms with E-state index in [0.717, 1.165) is 12.1 Å². The van der Waals surface area contributed by atoms with Gasteiger partial charge in [0.15, 0.2) is 5.75 Å². The summed E-state index contributed by atoms with van der Waals surface area (Å²) < 4.78 is 7.38. The standard InChI is InChI=1S/C13H16N4O2/c1-2-17-8-12(7-15-17)19-9-10-4-3-5-11(6-10)13(18)16-14/h3-8H,2,9,14H2,1H3,(H,16,18). The van der Waals surface area contributed by atoms with E-state index in [4.69, 9.17) is 10.6 Å². The van der Waals surface area contributed by atoms with Gasteiger partial charge in [0.25, 0.3) is 5.91 Å². The van der Waals surface area contributed by atoms with Crippen LogP contribution in [0, 0.1) is 0 Å². The number of nitrogen functional groups attached to an aromatic ring is 1. The van der Waals surface area contributed by atoms with E-state index in [1.807, 2.05) is 19.2 Å². The van der Waals surface area contributed by atoms with E-state index in [0.29, 0.717) is 17.9 Å². The highest BCUT2D eigenvalue weighted by molar-refractivity contribution is 5.93. The number of aromatic nitrogens is 2. The summed E-state index contributed by atoms with van der Waals surface area (Å²) in [7, 11) is 0. The minimum atomic E-state index is -0.319. The Hall–Kier alpha value is -2.34. The van der Waals surface area contributed by atoms with E-state index < -0.39 is 0 Å². The van der Waals surface area contributed by atoms with Gasteiger partial charge in [-0.2, -0.15) is 5.10 Å². The molecule has 0 aliphatic rings. The molecule has 6 heteroatoms. The molecule has 100 valence electrons. The molecule has 1 aromatic carbocycles. The van der Waals surface area contributed by atoms with Crippen LogP contribution in [0.1, 0.15) is 22.8 Å². The van der Waals surface area contributed by atoms with Crippen LogP contribution in [0.15, 0.2) is 36.7 Å². The first-order chi connectivity index (χ1) is 9.22. The minimum Gasteiger partial charge on any atom is -0.486 e. The van der Waals surface area contributed by atoms with Crippen LogP contribution in [0.5, 0.6) is 5.75 Å². The largest absolute Gasteiger partial charge is 0.486 e. The Morgan fingerprint density at radius 2 is 2.37 bits per heavy atom. The molecule has 19 heavy (non-hydrogen) atoms. The van der Waals surface area contributed by atoms with Crippen molar-refractivity contribution in [2.45, 2.75) is 20.1 Å². The summed E-state index contributed by atoms with van der Waals surface area (Å²) >= 11 is 0. The van der Waals surface area contributed by atoms with E-state index in [2.05, 4.69) is 10.5 Å². The average Bonchev–Trinajstić information content (AvgIpc) is 2.92. The lowest BCUT2D eigenvalue weighted by Gasteiger charge is -2.05. The number of hydrazine groups is 1. The number of ether oxygens (including phenoxy) is 1. The monoisotopic (exact) mass is 260 g/mol. The summed E-state index contributed by atoms with van der Waals surface area (Å²) in [5.41, 5.74) is 3.50. The maximum Gasteiger partial charge on any atom is 0.265 e. The van der Waals surface area contributed by atoms with Crippen LogP contribution < -0.4 is 16.0 Å². The van der Waals surface area contributed by atoms with E-state index in [1.54, 1.807) is 29.1 Å². The summed E-state index contributed by atoms with van der Waals surface area (Å²) in [5, 5.41) is 4.12. The fourth-order valence-electron chi connectivity index (χ4n) is 1.64. The molecule has 0 spiro atoms. The first kappa shape index (κ1) is 13.1. The van der Waals surface area contributed by atoms with Crippen LogP contribution in [-0.4, -0.2) is 15.7 Å². The number of amides is 1. The summed E-state index contributed by atoms with van der Waals surface area (Å²) in [6.45, 7) is 3.18. The molecule has 3 N–H and O–H groups in total. The zero-order chi connectivity index (χ0) is 13.7. The molecular weight excluding hydrogens is 244 g/mol. The van der Waals surface area contributed by atoms with Crippen LogP contribution >= 0.6 is 0 Å². The molecule has 1 aromatic heterocycles. The Bertz CT molecular complexity index is 565. The number of nitrogens with one attached hydrogen (secondary N) is 1. The lowest BCUT2D eigenvalue weighted by atomic mass is 10.1. The van der Waals surface area contributed by atoms with Gasteiger partial charge in [0.1, 0.15) is 6.61 Å². The van der Waals surface area contributed by atoms with Crippen LogP contribution in [0.2, 0.25) is 0 Å². The fourth-order valence-corrected chi connectivity index (χ4v) is 1.64. The third-order valence-electron chi connectivity index (χ3n) is 2.66. The Morgan fingerprint density at radius 3 is 3.05 bits per heavy atom. The first-order valence-electron chi connectivity index (χ1n) is 5.98. The van der Waals surface area contributed by atoms with Gasteiger partial charge >= 0.3 is 0 Å². The Kier molecular flexibility index (Phi) is 4.15. The number of carbonyl (C=O) groups excluding carboxylic acids is 1. The molecule has 0 saturated carbocycles. The molecule has 0 unspecified atom stereocenters. The summed E-state index contributed by atoms with van der Waals surface area (Å²) in [5.74, 6) is 5.48. The maximum absolute atomic E-state index is 11.4. The van der Waals surface area contributed by atoms with Crippen LogP contribution in [0.25, 0.3) is 0 Å². The molecule has 0 radical (unpaired) electrons. The summed E-state index contributed by atoms with van der Waals surface area (Å²) in [6, 6.07) is 7.11. The van der Waals surface area contributed by atoms with E-state index in [1.165, 1.54) is 0 Å². The zero-order valence-corrected chi connectivity index (χ0v) is 10.7. The Morgan fingerprint density at radius 1 is 1.53 bits per heavy atom. The van der Waals surface area contributed by atoms with E-state index in [9.17, 15) is 4.79 Å². The van der Waals surface area contributed by atoms with Gasteiger partial charge in [0.05, 0.1) is 12.4 Å². The predicted molar refractivity (Wildman–Crippen MR) is 70.3 cm³/mol. The molecule has 1 amide bonds. The zero-order valence-electron chi connectivity index (χ0n) is 10.7. The van der Waals surface area contributed by atoms with Gasteiger partial charge in [-0.05, 0) is 24.6 Å². The molecular formula is C13H16N4O2. The van der Waals surface area contributed by atoms with Gasteiger partial charge in [0, 0.05) is 12.1 Å². The average molecular weight is 260 g/mol. The molecule has 0 bridgehead atoms. The number of hydrogen-bond acceptors (Lipinski definition) is 4. The van der Waals surface area contributed by atoms with Crippen molar-refractivity contribution < 1.29 is 9.53 Å². The smallest absolute Gasteiger partial charge is 0.265 e. The lowest BCUT2D eigenvalue weighted by Crippen LogP contribution is -2.30. The normalized spacial score (nSPS) is 10.2. The van der Waals surface area contributed by atoms with Gasteiger partial charge in [-0.15, -0.1) is 0 Å².